The molecule has 1 N–H and O–H groups in total. The van der Waals surface area contributed by atoms with E-state index in [2.05, 4.69) is 33.6 Å². The summed E-state index contributed by atoms with van der Waals surface area (Å²) in [5.74, 6) is 0. The smallest absolute Gasteiger partial charge is 0.224 e. The second-order valence-electron chi connectivity index (χ2n) is 3.76. The summed E-state index contributed by atoms with van der Waals surface area (Å²) in [6, 6.07) is 0. The Morgan fingerprint density at radius 1 is 1.33 bits per heavy atom. The molecule has 0 radical (unpaired) electrons. The molecule has 0 spiro atoms. The Balaban J connectivity index is 0.00000144. The van der Waals surface area contributed by atoms with E-state index in [1.54, 1.807) is 11.3 Å². The van der Waals surface area contributed by atoms with Crippen molar-refractivity contribution in [2.75, 3.05) is 6.61 Å². The Morgan fingerprint density at radius 2 is 2.06 bits per heavy atom. The number of pyridine rings is 1. The predicted molar refractivity (Wildman–Crippen MR) is 70.6 cm³/mol. The maximum Gasteiger partial charge on any atom is 0.224 e. The molecule has 0 unspecified atom stereocenters. The number of rotatable bonds is 4. The van der Waals surface area contributed by atoms with Crippen molar-refractivity contribution in [3.63, 3.8) is 0 Å². The van der Waals surface area contributed by atoms with Crippen molar-refractivity contribution < 1.29 is 22.1 Å². The van der Waals surface area contributed by atoms with Gasteiger partial charge in [0, 0.05) is 24.6 Å². The second-order valence-corrected chi connectivity index (χ2v) is 4.51. The number of nitrogens with zero attached hydrogens (tertiary/aromatic N) is 2. The van der Waals surface area contributed by atoms with E-state index < -0.39 is 0 Å². The standard InChI is InChI=1S/C12H15N2OS.2ClH/c1-10-11(2-4-15)6-13-7-12(10)8-14-3-5-16-9-14;;/h3,5-7,9,15H,2,4,8H2,1H3;2*1H/q+1;;/p-1. The Bertz CT molecular complexity index is 463. The number of hydrogen-bond acceptors (Lipinski definition) is 3. The fourth-order valence-corrected chi connectivity index (χ4v) is 2.30. The quantitative estimate of drug-likeness (QED) is 0.717. The molecule has 0 atom stereocenters. The molecule has 3 nitrogen and oxygen atoms in total. The molecule has 0 aliphatic heterocycles. The monoisotopic (exact) mass is 306 g/mol. The van der Waals surface area contributed by atoms with Crippen molar-refractivity contribution in [3.8, 4) is 0 Å². The van der Waals surface area contributed by atoms with Gasteiger partial charge in [0.2, 0.25) is 5.51 Å². The normalized spacial score (nSPS) is 9.44. The highest BCUT2D eigenvalue weighted by atomic mass is 35.5. The largest absolute Gasteiger partial charge is 1.00 e. The highest BCUT2D eigenvalue weighted by Crippen LogP contribution is 2.12. The average Bonchev–Trinajstić information content (AvgIpc) is 2.77. The maximum absolute atomic E-state index is 8.96. The summed E-state index contributed by atoms with van der Waals surface area (Å²) in [7, 11) is 0. The average molecular weight is 307 g/mol. The molecule has 2 aromatic rings. The molecular formula is C12H16Cl2N2OS. The summed E-state index contributed by atoms with van der Waals surface area (Å²) in [5.41, 5.74) is 5.67. The third-order valence-corrected chi connectivity index (χ3v) is 3.36. The molecule has 0 saturated heterocycles. The lowest BCUT2D eigenvalue weighted by molar-refractivity contribution is -0.683. The Hall–Kier alpha value is -0.680. The summed E-state index contributed by atoms with van der Waals surface area (Å²) in [5, 5.41) is 11.0. The molecular weight excluding hydrogens is 291 g/mol. The molecule has 18 heavy (non-hydrogen) atoms. The third kappa shape index (κ3) is 4.21. The number of aliphatic hydroxyl groups excluding tert-OH is 1. The molecule has 0 aromatic carbocycles. The summed E-state index contributed by atoms with van der Waals surface area (Å²) in [4.78, 5) is 4.22. The molecule has 2 rings (SSSR count). The van der Waals surface area contributed by atoms with Gasteiger partial charge in [-0.3, -0.25) is 4.98 Å². The number of aliphatic hydroxyl groups is 1. The molecule has 0 bridgehead atoms. The van der Waals surface area contributed by atoms with Gasteiger partial charge >= 0.3 is 0 Å². The van der Waals surface area contributed by atoms with Crippen LogP contribution in [0, 0.1) is 6.92 Å². The Labute approximate surface area is 123 Å². The second kappa shape index (κ2) is 8.43. The zero-order valence-corrected chi connectivity index (χ0v) is 12.4. The van der Waals surface area contributed by atoms with Crippen molar-refractivity contribution in [3.05, 3.63) is 46.2 Å². The summed E-state index contributed by atoms with van der Waals surface area (Å²) in [6.07, 6.45) is 6.48. The zero-order chi connectivity index (χ0) is 11.4. The van der Waals surface area contributed by atoms with E-state index in [0.717, 1.165) is 12.1 Å². The van der Waals surface area contributed by atoms with Crippen LogP contribution < -0.4 is 17.0 Å². The van der Waals surface area contributed by atoms with E-state index in [0.29, 0.717) is 6.42 Å². The molecule has 6 heteroatoms. The van der Waals surface area contributed by atoms with Crippen LogP contribution >= 0.6 is 23.7 Å². The molecule has 0 saturated carbocycles. The fraction of sp³-hybridized carbons (Fsp3) is 0.333. The van der Waals surface area contributed by atoms with Crippen LogP contribution in [0.5, 0.6) is 0 Å². The lowest BCUT2D eigenvalue weighted by Gasteiger charge is -2.06. The van der Waals surface area contributed by atoms with Gasteiger partial charge in [0.1, 0.15) is 0 Å². The van der Waals surface area contributed by atoms with E-state index in [1.807, 2.05) is 12.4 Å². The van der Waals surface area contributed by atoms with Crippen molar-refractivity contribution >= 4 is 23.7 Å². The van der Waals surface area contributed by atoms with Crippen molar-refractivity contribution in [2.24, 2.45) is 0 Å². The van der Waals surface area contributed by atoms with Gasteiger partial charge < -0.3 is 17.5 Å². The maximum atomic E-state index is 8.96. The van der Waals surface area contributed by atoms with Crippen LogP contribution in [-0.4, -0.2) is 16.7 Å². The van der Waals surface area contributed by atoms with Gasteiger partial charge in [0.25, 0.3) is 0 Å². The summed E-state index contributed by atoms with van der Waals surface area (Å²) < 4.78 is 2.14. The van der Waals surface area contributed by atoms with Gasteiger partial charge in [-0.25, -0.2) is 0 Å². The van der Waals surface area contributed by atoms with Crippen molar-refractivity contribution in [1.82, 2.24) is 4.98 Å². The van der Waals surface area contributed by atoms with E-state index in [1.165, 1.54) is 11.1 Å². The minimum atomic E-state index is 0. The zero-order valence-electron chi connectivity index (χ0n) is 10.0. The van der Waals surface area contributed by atoms with E-state index >= 15 is 0 Å². The fourth-order valence-electron chi connectivity index (χ4n) is 1.70. The highest BCUT2D eigenvalue weighted by Gasteiger charge is 2.09. The molecule has 2 aromatic heterocycles. The van der Waals surface area contributed by atoms with Crippen molar-refractivity contribution in [1.29, 1.82) is 0 Å². The van der Waals surface area contributed by atoms with E-state index in [9.17, 15) is 0 Å². The number of halogens is 2. The van der Waals surface area contributed by atoms with E-state index in [4.69, 9.17) is 5.11 Å². The topological polar surface area (TPSA) is 37.0 Å². The van der Waals surface area contributed by atoms with Gasteiger partial charge in [-0.15, -0.1) is 12.4 Å². The lowest BCUT2D eigenvalue weighted by Crippen LogP contribution is -3.00. The summed E-state index contributed by atoms with van der Waals surface area (Å²) >= 11 is 1.68. The van der Waals surface area contributed by atoms with Crippen LogP contribution in [0.15, 0.2) is 29.5 Å². The van der Waals surface area contributed by atoms with Crippen LogP contribution in [0.4, 0.5) is 0 Å². The van der Waals surface area contributed by atoms with Gasteiger partial charge in [0.05, 0.1) is 5.38 Å². The predicted octanol–water partition coefficient (Wildman–Crippen LogP) is -1.25. The SMILES string of the molecule is Cc1c(CCO)cncc1C[n+]1ccsc1.Cl.[Cl-]. The number of aromatic nitrogens is 2. The molecule has 0 fully saturated rings. The van der Waals surface area contributed by atoms with Crippen LogP contribution in [-0.2, 0) is 13.0 Å². The first-order chi connectivity index (χ1) is 7.81. The lowest BCUT2D eigenvalue weighted by atomic mass is 10.0. The van der Waals surface area contributed by atoms with Gasteiger partial charge in [-0.2, -0.15) is 4.57 Å². The first-order valence-corrected chi connectivity index (χ1v) is 6.20. The summed E-state index contributed by atoms with van der Waals surface area (Å²) in [6.45, 7) is 3.12. The third-order valence-electron chi connectivity index (χ3n) is 2.69. The van der Waals surface area contributed by atoms with Crippen LogP contribution in [0.1, 0.15) is 16.7 Å². The number of thiazole rings is 1. The molecule has 100 valence electrons. The molecule has 2 heterocycles. The van der Waals surface area contributed by atoms with Gasteiger partial charge in [-0.05, 0) is 24.5 Å². The molecule has 0 aliphatic rings. The van der Waals surface area contributed by atoms with Crippen LogP contribution in [0.3, 0.4) is 0 Å². The first kappa shape index (κ1) is 17.3. The number of hydrogen-bond donors (Lipinski definition) is 1. The Morgan fingerprint density at radius 3 is 2.67 bits per heavy atom. The minimum absolute atomic E-state index is 0. The van der Waals surface area contributed by atoms with E-state index in [-0.39, 0.29) is 31.4 Å². The minimum Gasteiger partial charge on any atom is -1.00 e. The molecule has 0 aliphatic carbocycles. The van der Waals surface area contributed by atoms with Crippen molar-refractivity contribution in [2.45, 2.75) is 19.9 Å². The van der Waals surface area contributed by atoms with Crippen LogP contribution in [0.25, 0.3) is 0 Å². The van der Waals surface area contributed by atoms with Gasteiger partial charge in [-0.1, -0.05) is 11.3 Å². The van der Waals surface area contributed by atoms with Crippen LogP contribution in [0.2, 0.25) is 0 Å². The highest BCUT2D eigenvalue weighted by molar-refractivity contribution is 7.07. The first-order valence-electron chi connectivity index (χ1n) is 5.25. The molecule has 0 amide bonds. The van der Waals surface area contributed by atoms with Gasteiger partial charge in [0.15, 0.2) is 12.7 Å². The Kier molecular flexibility index (Phi) is 8.11.